The summed E-state index contributed by atoms with van der Waals surface area (Å²) in [5, 5.41) is 2.84. The van der Waals surface area contributed by atoms with Gasteiger partial charge in [0.1, 0.15) is 5.82 Å². The maximum absolute atomic E-state index is 13.1. The van der Waals surface area contributed by atoms with E-state index in [9.17, 15) is 9.18 Å². The number of rotatable bonds is 2. The topological polar surface area (TPSA) is 38.3 Å². The Morgan fingerprint density at radius 1 is 1.50 bits per heavy atom. The van der Waals surface area contributed by atoms with Crippen LogP contribution in [-0.2, 0) is 4.74 Å². The molecule has 0 saturated heterocycles. The van der Waals surface area contributed by atoms with E-state index in [-0.39, 0.29) is 5.56 Å². The summed E-state index contributed by atoms with van der Waals surface area (Å²) in [6.07, 6.45) is 0. The van der Waals surface area contributed by atoms with Gasteiger partial charge in [-0.3, -0.25) is 0 Å². The van der Waals surface area contributed by atoms with E-state index in [1.807, 2.05) is 0 Å². The molecule has 0 heterocycles. The number of halogens is 1. The quantitative estimate of drug-likeness (QED) is 0.602. The largest absolute Gasteiger partial charge is 0.465 e. The molecule has 0 unspecified atom stereocenters. The Hall–Kier alpha value is -1.86. The van der Waals surface area contributed by atoms with Gasteiger partial charge in [0, 0.05) is 5.56 Å². The van der Waals surface area contributed by atoms with Crippen LogP contribution in [0.1, 0.15) is 15.9 Å². The highest BCUT2D eigenvalue weighted by molar-refractivity contribution is 5.89. The second-order valence-electron chi connectivity index (χ2n) is 3.05. The molecule has 84 valence electrons. The molecule has 0 saturated carbocycles. The molecule has 3 nitrogen and oxygen atoms in total. The zero-order valence-electron chi connectivity index (χ0n) is 9.13. The number of nitrogens with one attached hydrogen (secondary N) is 1. The normalized spacial score (nSPS) is 9.19. The molecule has 4 heteroatoms. The molecular formula is C12H12FNO2. The molecule has 1 aromatic rings. The van der Waals surface area contributed by atoms with Crippen LogP contribution in [0.25, 0.3) is 0 Å². The van der Waals surface area contributed by atoms with Crippen molar-refractivity contribution in [2.45, 2.75) is 0 Å². The summed E-state index contributed by atoms with van der Waals surface area (Å²) in [6, 6.07) is 3.89. The molecule has 0 fully saturated rings. The summed E-state index contributed by atoms with van der Waals surface area (Å²) in [5.41, 5.74) is 0.618. The third kappa shape index (κ3) is 3.37. The van der Waals surface area contributed by atoms with Crippen molar-refractivity contribution < 1.29 is 13.9 Å². The predicted molar refractivity (Wildman–Crippen MR) is 58.5 cm³/mol. The Morgan fingerprint density at radius 3 is 2.88 bits per heavy atom. The SMILES string of the molecule is CNCC#Cc1cc(F)cc(C(=O)OC)c1. The van der Waals surface area contributed by atoms with Gasteiger partial charge in [0.05, 0.1) is 19.2 Å². The molecule has 0 aliphatic carbocycles. The van der Waals surface area contributed by atoms with Gasteiger partial charge in [-0.05, 0) is 25.2 Å². The number of hydrogen-bond acceptors (Lipinski definition) is 3. The van der Waals surface area contributed by atoms with Crippen LogP contribution >= 0.6 is 0 Å². The van der Waals surface area contributed by atoms with Gasteiger partial charge < -0.3 is 10.1 Å². The number of benzene rings is 1. The van der Waals surface area contributed by atoms with Gasteiger partial charge in [0.15, 0.2) is 0 Å². The van der Waals surface area contributed by atoms with Gasteiger partial charge >= 0.3 is 5.97 Å². The van der Waals surface area contributed by atoms with Crippen molar-refractivity contribution in [1.29, 1.82) is 0 Å². The molecule has 0 aliphatic heterocycles. The van der Waals surface area contributed by atoms with E-state index in [0.717, 1.165) is 6.07 Å². The van der Waals surface area contributed by atoms with Crippen LogP contribution in [0.15, 0.2) is 18.2 Å². The molecule has 0 spiro atoms. The highest BCUT2D eigenvalue weighted by Crippen LogP contribution is 2.09. The van der Waals surface area contributed by atoms with Crippen LogP contribution in [0.4, 0.5) is 4.39 Å². The van der Waals surface area contributed by atoms with Crippen LogP contribution in [0.2, 0.25) is 0 Å². The van der Waals surface area contributed by atoms with Crippen LogP contribution < -0.4 is 5.32 Å². The number of carbonyl (C=O) groups excluding carboxylic acids is 1. The molecule has 16 heavy (non-hydrogen) atoms. The Balaban J connectivity index is 3.00. The first kappa shape index (κ1) is 12.2. The van der Waals surface area contributed by atoms with Crippen molar-refractivity contribution >= 4 is 5.97 Å². The van der Waals surface area contributed by atoms with Gasteiger partial charge in [-0.25, -0.2) is 9.18 Å². The molecule has 0 aliphatic rings. The first-order valence-corrected chi connectivity index (χ1v) is 4.69. The van der Waals surface area contributed by atoms with Crippen molar-refractivity contribution in [3.05, 3.63) is 35.1 Å². The van der Waals surface area contributed by atoms with Gasteiger partial charge in [-0.2, -0.15) is 0 Å². The molecule has 0 bridgehead atoms. The smallest absolute Gasteiger partial charge is 0.337 e. The van der Waals surface area contributed by atoms with E-state index in [2.05, 4.69) is 21.9 Å². The Morgan fingerprint density at radius 2 is 2.25 bits per heavy atom. The van der Waals surface area contributed by atoms with Crippen LogP contribution in [0.5, 0.6) is 0 Å². The van der Waals surface area contributed by atoms with Gasteiger partial charge in [-0.15, -0.1) is 0 Å². The van der Waals surface area contributed by atoms with Gasteiger partial charge in [0.25, 0.3) is 0 Å². The maximum Gasteiger partial charge on any atom is 0.337 e. The van der Waals surface area contributed by atoms with Gasteiger partial charge in [0.2, 0.25) is 0 Å². The lowest BCUT2D eigenvalue weighted by atomic mass is 10.1. The zero-order valence-corrected chi connectivity index (χ0v) is 9.13. The van der Waals surface area contributed by atoms with Crippen molar-refractivity contribution in [3.63, 3.8) is 0 Å². The summed E-state index contributed by atoms with van der Waals surface area (Å²) < 4.78 is 17.6. The van der Waals surface area contributed by atoms with Crippen LogP contribution in [-0.4, -0.2) is 26.7 Å². The lowest BCUT2D eigenvalue weighted by Gasteiger charge is -2.00. The van der Waals surface area contributed by atoms with E-state index < -0.39 is 11.8 Å². The summed E-state index contributed by atoms with van der Waals surface area (Å²) in [4.78, 5) is 11.2. The van der Waals surface area contributed by atoms with E-state index >= 15 is 0 Å². The third-order valence-corrected chi connectivity index (χ3v) is 1.82. The molecule has 0 radical (unpaired) electrons. The fourth-order valence-corrected chi connectivity index (χ4v) is 1.13. The van der Waals surface area contributed by atoms with Crippen molar-refractivity contribution in [2.75, 3.05) is 20.7 Å². The van der Waals surface area contributed by atoms with Crippen LogP contribution in [0.3, 0.4) is 0 Å². The molecular weight excluding hydrogens is 209 g/mol. The van der Waals surface area contributed by atoms with Crippen molar-refractivity contribution in [2.24, 2.45) is 0 Å². The third-order valence-electron chi connectivity index (χ3n) is 1.82. The number of methoxy groups -OCH3 is 1. The van der Waals surface area contributed by atoms with E-state index in [1.165, 1.54) is 19.2 Å². The minimum absolute atomic E-state index is 0.163. The average molecular weight is 221 g/mol. The molecule has 1 N–H and O–H groups in total. The lowest BCUT2D eigenvalue weighted by Crippen LogP contribution is -2.04. The van der Waals surface area contributed by atoms with Crippen molar-refractivity contribution in [1.82, 2.24) is 5.32 Å². The Kier molecular flexibility index (Phi) is 4.49. The second kappa shape index (κ2) is 5.89. The first-order chi connectivity index (χ1) is 7.67. The highest BCUT2D eigenvalue weighted by atomic mass is 19.1. The van der Waals surface area contributed by atoms with Crippen LogP contribution in [0, 0.1) is 17.7 Å². The first-order valence-electron chi connectivity index (χ1n) is 4.69. The van der Waals surface area contributed by atoms with Gasteiger partial charge in [-0.1, -0.05) is 11.8 Å². The summed E-state index contributed by atoms with van der Waals surface area (Å²) >= 11 is 0. The minimum Gasteiger partial charge on any atom is -0.465 e. The summed E-state index contributed by atoms with van der Waals surface area (Å²) in [5.74, 6) is 4.45. The lowest BCUT2D eigenvalue weighted by molar-refractivity contribution is 0.0600. The molecule has 1 rings (SSSR count). The standard InChI is InChI=1S/C12H12FNO2/c1-14-5-3-4-9-6-10(12(15)16-2)8-11(13)7-9/h6-8,14H,5H2,1-2H3. The number of hydrogen-bond donors (Lipinski definition) is 1. The summed E-state index contributed by atoms with van der Waals surface area (Å²) in [7, 11) is 3.01. The van der Waals surface area contributed by atoms with E-state index in [0.29, 0.717) is 12.1 Å². The summed E-state index contributed by atoms with van der Waals surface area (Å²) in [6.45, 7) is 0.504. The molecule has 0 aromatic heterocycles. The maximum atomic E-state index is 13.1. The second-order valence-corrected chi connectivity index (χ2v) is 3.05. The fraction of sp³-hybridized carbons (Fsp3) is 0.250. The van der Waals surface area contributed by atoms with E-state index in [4.69, 9.17) is 0 Å². The fourth-order valence-electron chi connectivity index (χ4n) is 1.13. The number of ether oxygens (including phenoxy) is 1. The highest BCUT2D eigenvalue weighted by Gasteiger charge is 2.07. The monoisotopic (exact) mass is 221 g/mol. The molecule has 0 atom stereocenters. The Labute approximate surface area is 93.6 Å². The average Bonchev–Trinajstić information content (AvgIpc) is 2.27. The zero-order chi connectivity index (χ0) is 12.0. The predicted octanol–water partition coefficient (Wildman–Crippen LogP) is 1.18. The number of esters is 1. The minimum atomic E-state index is -0.573. The molecule has 1 aromatic carbocycles. The van der Waals surface area contributed by atoms with E-state index in [1.54, 1.807) is 7.05 Å². The van der Waals surface area contributed by atoms with Crippen molar-refractivity contribution in [3.8, 4) is 11.8 Å². The molecule has 0 amide bonds. The number of carbonyl (C=O) groups is 1. The Bertz CT molecular complexity index is 446.